The number of nitrogens with zero attached hydrogens (tertiary/aromatic N) is 7. The van der Waals surface area contributed by atoms with E-state index >= 15 is 0 Å². The van der Waals surface area contributed by atoms with E-state index in [4.69, 9.17) is 19.9 Å². The summed E-state index contributed by atoms with van der Waals surface area (Å²) in [6, 6.07) is 56.6. The van der Waals surface area contributed by atoms with Crippen LogP contribution in [0.15, 0.2) is 186 Å². The number of fused-ring (bicyclic) bond motifs is 7. The zero-order chi connectivity index (χ0) is 38.0. The molecule has 0 fully saturated rings. The Morgan fingerprint density at radius 2 is 0.912 bits per heavy atom. The molecular weight excluding hydrogens is 707 g/mol. The molecule has 0 saturated heterocycles. The van der Waals surface area contributed by atoms with Gasteiger partial charge in [-0.1, -0.05) is 121 Å². The molecule has 0 bridgehead atoms. The monoisotopic (exact) mass is 735 g/mol. The maximum Gasteiger partial charge on any atom is 0.267 e. The van der Waals surface area contributed by atoms with Crippen molar-refractivity contribution in [3.8, 4) is 45.5 Å². The van der Waals surface area contributed by atoms with Gasteiger partial charge in [-0.15, -0.1) is 0 Å². The van der Waals surface area contributed by atoms with Gasteiger partial charge in [0.2, 0.25) is 11.7 Å². The van der Waals surface area contributed by atoms with Crippen LogP contribution in [0.3, 0.4) is 0 Å². The highest BCUT2D eigenvalue weighted by Crippen LogP contribution is 2.35. The third-order valence-electron chi connectivity index (χ3n) is 10.5. The summed E-state index contributed by atoms with van der Waals surface area (Å²) in [7, 11) is 0. The van der Waals surface area contributed by atoms with E-state index in [1.807, 2.05) is 140 Å². The molecule has 4 aromatic heterocycles. The zero-order valence-corrected chi connectivity index (χ0v) is 30.2. The largest absolute Gasteiger partial charge is 0.278 e. The predicted molar refractivity (Wildman–Crippen MR) is 226 cm³/mol. The van der Waals surface area contributed by atoms with Crippen molar-refractivity contribution in [3.05, 3.63) is 197 Å². The van der Waals surface area contributed by atoms with Gasteiger partial charge in [-0.05, 0) is 65.7 Å². The first-order valence-electron chi connectivity index (χ1n) is 18.6. The fraction of sp³-hybridized carbons (Fsp3) is 0. The van der Waals surface area contributed by atoms with Crippen LogP contribution in [0.4, 0.5) is 0 Å². The van der Waals surface area contributed by atoms with Gasteiger partial charge in [-0.25, -0.2) is 18.9 Å². The number of aromatic nitrogens is 7. The minimum Gasteiger partial charge on any atom is -0.278 e. The van der Waals surface area contributed by atoms with Crippen molar-refractivity contribution in [3.63, 3.8) is 0 Å². The summed E-state index contributed by atoms with van der Waals surface area (Å²) in [5, 5.41) is 2.90. The van der Waals surface area contributed by atoms with Crippen molar-refractivity contribution >= 4 is 49.4 Å². The number of hydrogen-bond donors (Lipinski definition) is 0. The SMILES string of the molecule is O=c1c2cc(-c3ccc4c(c3)c3ccccc3n4-c3nc(-c4ccccc4)nc(-c4ccccc4)n3)ccc2n2c(=O)c3ccccc3nc2n1-c1ccccc1. The normalized spacial score (nSPS) is 11.6. The van der Waals surface area contributed by atoms with Crippen molar-refractivity contribution < 1.29 is 0 Å². The average Bonchev–Trinajstić information content (AvgIpc) is 3.61. The van der Waals surface area contributed by atoms with E-state index in [2.05, 4.69) is 28.8 Å². The van der Waals surface area contributed by atoms with Gasteiger partial charge in [-0.3, -0.25) is 14.2 Å². The Morgan fingerprint density at radius 1 is 0.368 bits per heavy atom. The highest BCUT2D eigenvalue weighted by molar-refractivity contribution is 6.10. The van der Waals surface area contributed by atoms with Crippen molar-refractivity contribution in [2.24, 2.45) is 0 Å². The number of benzene rings is 7. The molecule has 0 aliphatic heterocycles. The summed E-state index contributed by atoms with van der Waals surface area (Å²) >= 11 is 0. The zero-order valence-electron chi connectivity index (χ0n) is 30.2. The summed E-state index contributed by atoms with van der Waals surface area (Å²) in [4.78, 5) is 48.6. The van der Waals surface area contributed by atoms with Gasteiger partial charge in [0.1, 0.15) is 0 Å². The van der Waals surface area contributed by atoms with Crippen LogP contribution in [0, 0.1) is 0 Å². The van der Waals surface area contributed by atoms with Crippen molar-refractivity contribution in [1.29, 1.82) is 0 Å². The summed E-state index contributed by atoms with van der Waals surface area (Å²) in [6.07, 6.45) is 0. The molecule has 0 amide bonds. The molecule has 0 N–H and O–H groups in total. The van der Waals surface area contributed by atoms with E-state index in [1.54, 1.807) is 16.5 Å². The van der Waals surface area contributed by atoms with Gasteiger partial charge in [0.25, 0.3) is 11.1 Å². The topological polar surface area (TPSA) is 100.0 Å². The molecular formula is C48H29N7O2. The quantitative estimate of drug-likeness (QED) is 0.129. The highest BCUT2D eigenvalue weighted by atomic mass is 16.1. The minimum atomic E-state index is -0.267. The number of para-hydroxylation sites is 3. The average molecular weight is 736 g/mol. The summed E-state index contributed by atoms with van der Waals surface area (Å²) < 4.78 is 5.16. The second-order valence-electron chi connectivity index (χ2n) is 13.9. The van der Waals surface area contributed by atoms with Crippen LogP contribution in [-0.2, 0) is 0 Å². The van der Waals surface area contributed by atoms with Crippen LogP contribution in [0.25, 0.3) is 94.9 Å². The summed E-state index contributed by atoms with van der Waals surface area (Å²) in [5.41, 5.74) is 6.52. The number of rotatable bonds is 5. The Bertz CT molecular complexity index is 3450. The molecule has 0 atom stereocenters. The molecule has 0 spiro atoms. The Kier molecular flexibility index (Phi) is 7.27. The molecule has 0 aliphatic carbocycles. The molecule has 11 rings (SSSR count). The smallest absolute Gasteiger partial charge is 0.267 e. The Hall–Kier alpha value is -8.04. The van der Waals surface area contributed by atoms with E-state index in [-0.39, 0.29) is 16.9 Å². The van der Waals surface area contributed by atoms with Crippen LogP contribution in [0.5, 0.6) is 0 Å². The molecule has 0 radical (unpaired) electrons. The predicted octanol–water partition coefficient (Wildman–Crippen LogP) is 9.43. The Morgan fingerprint density at radius 3 is 1.60 bits per heavy atom. The molecule has 0 saturated carbocycles. The maximum absolute atomic E-state index is 14.6. The minimum absolute atomic E-state index is 0.239. The maximum atomic E-state index is 14.6. The molecule has 268 valence electrons. The molecule has 7 aromatic carbocycles. The van der Waals surface area contributed by atoms with Crippen LogP contribution in [0.1, 0.15) is 0 Å². The van der Waals surface area contributed by atoms with E-state index in [0.29, 0.717) is 45.1 Å². The molecule has 11 aromatic rings. The first-order chi connectivity index (χ1) is 28.1. The van der Waals surface area contributed by atoms with Gasteiger partial charge in [0.15, 0.2) is 11.6 Å². The van der Waals surface area contributed by atoms with Gasteiger partial charge in [0.05, 0.1) is 38.5 Å². The third kappa shape index (κ3) is 5.17. The second kappa shape index (κ2) is 12.8. The molecule has 0 unspecified atom stereocenters. The molecule has 0 aliphatic rings. The number of hydrogen-bond acceptors (Lipinski definition) is 6. The standard InChI is InChI=1S/C48H29N7O2/c56-45-36-21-10-12-22-39(36)49-48-53(34-18-8-3-9-19-34)46(57)38-29-33(25-27-42(38)55(45)48)32-24-26-41-37(28-32)35-20-11-13-23-40(35)54(41)47-51-43(30-14-4-1-5-15-30)50-44(52-47)31-16-6-2-7-17-31/h1-29H. The van der Waals surface area contributed by atoms with Crippen LogP contribution >= 0.6 is 0 Å². The Balaban J connectivity index is 1.13. The lowest BCUT2D eigenvalue weighted by Crippen LogP contribution is -2.28. The lowest BCUT2D eigenvalue weighted by Gasteiger charge is -2.15. The van der Waals surface area contributed by atoms with E-state index < -0.39 is 0 Å². The molecule has 9 nitrogen and oxygen atoms in total. The first-order valence-corrected chi connectivity index (χ1v) is 18.6. The molecule has 9 heteroatoms. The highest BCUT2D eigenvalue weighted by Gasteiger charge is 2.20. The van der Waals surface area contributed by atoms with Gasteiger partial charge in [-0.2, -0.15) is 9.97 Å². The fourth-order valence-corrected chi connectivity index (χ4v) is 7.86. The van der Waals surface area contributed by atoms with Gasteiger partial charge < -0.3 is 0 Å². The third-order valence-corrected chi connectivity index (χ3v) is 10.5. The Labute approximate surface area is 324 Å². The van der Waals surface area contributed by atoms with E-state index in [9.17, 15) is 9.59 Å². The van der Waals surface area contributed by atoms with Crippen molar-refractivity contribution in [1.82, 2.24) is 33.5 Å². The van der Waals surface area contributed by atoms with Crippen LogP contribution in [-0.4, -0.2) is 33.5 Å². The lowest BCUT2D eigenvalue weighted by molar-refractivity contribution is 0.942. The van der Waals surface area contributed by atoms with Gasteiger partial charge in [0, 0.05) is 21.9 Å². The lowest BCUT2D eigenvalue weighted by atomic mass is 10.0. The molecule has 4 heterocycles. The van der Waals surface area contributed by atoms with E-state index in [1.165, 1.54) is 4.57 Å². The second-order valence-corrected chi connectivity index (χ2v) is 13.9. The van der Waals surface area contributed by atoms with Crippen LogP contribution in [0.2, 0.25) is 0 Å². The fourth-order valence-electron chi connectivity index (χ4n) is 7.86. The van der Waals surface area contributed by atoms with Crippen LogP contribution < -0.4 is 11.1 Å². The van der Waals surface area contributed by atoms with Crippen molar-refractivity contribution in [2.75, 3.05) is 0 Å². The summed E-state index contributed by atoms with van der Waals surface area (Å²) in [5.74, 6) is 1.92. The first kappa shape index (κ1) is 32.4. The molecule has 57 heavy (non-hydrogen) atoms. The van der Waals surface area contributed by atoms with Gasteiger partial charge >= 0.3 is 0 Å². The van der Waals surface area contributed by atoms with E-state index in [0.717, 1.165) is 44.1 Å². The van der Waals surface area contributed by atoms with Crippen molar-refractivity contribution in [2.45, 2.75) is 0 Å². The summed E-state index contributed by atoms with van der Waals surface area (Å²) in [6.45, 7) is 0.